The zero-order chi connectivity index (χ0) is 18.4. The molecule has 0 fully saturated rings. The Kier molecular flexibility index (Phi) is 6.01. The van der Waals surface area contributed by atoms with Gasteiger partial charge in [-0.05, 0) is 35.7 Å². The highest BCUT2D eigenvalue weighted by molar-refractivity contribution is 7.14. The van der Waals surface area contributed by atoms with Gasteiger partial charge in [-0.15, -0.1) is 11.3 Å². The van der Waals surface area contributed by atoms with Gasteiger partial charge in [0.15, 0.2) is 6.61 Å². The van der Waals surface area contributed by atoms with Gasteiger partial charge in [0.05, 0.1) is 11.1 Å². The van der Waals surface area contributed by atoms with Crippen molar-refractivity contribution in [2.75, 3.05) is 11.9 Å². The standard InChI is InChI=1S/C15H12F2N2O5S/c16-15(17)24-9-3-1-8(2-4-9)14(22)23-7-11(20)19-13-10(12(18)21)5-6-25-13/h1-6,15H,7H2,(H2,18,21)(H,19,20). The zero-order valence-electron chi connectivity index (χ0n) is 12.5. The summed E-state index contributed by atoms with van der Waals surface area (Å²) in [6.45, 7) is -3.56. The second kappa shape index (κ2) is 8.20. The van der Waals surface area contributed by atoms with E-state index in [-0.39, 0.29) is 21.9 Å². The first-order valence-corrected chi connectivity index (χ1v) is 7.64. The Labute approximate surface area is 144 Å². The Bertz CT molecular complexity index is 776. The van der Waals surface area contributed by atoms with Gasteiger partial charge in [-0.25, -0.2) is 4.79 Å². The first-order valence-electron chi connectivity index (χ1n) is 6.76. The third-order valence-corrected chi connectivity index (χ3v) is 3.66. The molecule has 7 nitrogen and oxygen atoms in total. The zero-order valence-corrected chi connectivity index (χ0v) is 13.3. The molecule has 132 valence electrons. The molecule has 0 unspecified atom stereocenters. The predicted molar refractivity (Wildman–Crippen MR) is 84.8 cm³/mol. The van der Waals surface area contributed by atoms with E-state index in [9.17, 15) is 23.2 Å². The van der Waals surface area contributed by atoms with Crippen LogP contribution in [0.25, 0.3) is 0 Å². The molecule has 10 heteroatoms. The fourth-order valence-electron chi connectivity index (χ4n) is 1.75. The maximum absolute atomic E-state index is 12.0. The van der Waals surface area contributed by atoms with Crippen molar-refractivity contribution in [3.05, 3.63) is 46.8 Å². The highest BCUT2D eigenvalue weighted by Crippen LogP contribution is 2.22. The number of nitrogens with two attached hydrogens (primary N) is 1. The number of ether oxygens (including phenoxy) is 2. The number of primary amides is 1. The lowest BCUT2D eigenvalue weighted by Gasteiger charge is -2.07. The fourth-order valence-corrected chi connectivity index (χ4v) is 2.56. The van der Waals surface area contributed by atoms with Crippen LogP contribution in [0.2, 0.25) is 0 Å². The summed E-state index contributed by atoms with van der Waals surface area (Å²) in [4.78, 5) is 34.7. The SMILES string of the molecule is NC(=O)c1ccsc1NC(=O)COC(=O)c1ccc(OC(F)F)cc1. The molecule has 0 aliphatic rings. The molecule has 0 spiro atoms. The molecule has 3 N–H and O–H groups in total. The minimum Gasteiger partial charge on any atom is -0.452 e. The molecule has 2 rings (SSSR count). The number of hydrogen-bond acceptors (Lipinski definition) is 6. The minimum atomic E-state index is -2.97. The Balaban J connectivity index is 1.87. The van der Waals surface area contributed by atoms with Crippen LogP contribution in [0.4, 0.5) is 13.8 Å². The fraction of sp³-hybridized carbons (Fsp3) is 0.133. The number of benzene rings is 1. The number of amides is 2. The highest BCUT2D eigenvalue weighted by Gasteiger charge is 2.15. The van der Waals surface area contributed by atoms with Crippen molar-refractivity contribution in [2.24, 2.45) is 5.73 Å². The molecule has 0 saturated carbocycles. The molecular weight excluding hydrogens is 358 g/mol. The smallest absolute Gasteiger partial charge is 0.387 e. The molecule has 0 aliphatic carbocycles. The Morgan fingerprint density at radius 1 is 1.16 bits per heavy atom. The monoisotopic (exact) mass is 370 g/mol. The third kappa shape index (κ3) is 5.24. The van der Waals surface area contributed by atoms with Gasteiger partial charge in [-0.1, -0.05) is 0 Å². The molecule has 0 bridgehead atoms. The minimum absolute atomic E-state index is 0.0587. The van der Waals surface area contributed by atoms with Gasteiger partial charge in [-0.2, -0.15) is 8.78 Å². The molecule has 0 atom stereocenters. The number of hydrogen-bond donors (Lipinski definition) is 2. The van der Waals surface area contributed by atoms with Crippen LogP contribution in [0, 0.1) is 0 Å². The second-order valence-corrected chi connectivity index (χ2v) is 5.47. The largest absolute Gasteiger partial charge is 0.452 e. The van der Waals surface area contributed by atoms with Crippen molar-refractivity contribution in [3.8, 4) is 5.75 Å². The quantitative estimate of drug-likeness (QED) is 0.727. The van der Waals surface area contributed by atoms with Crippen LogP contribution >= 0.6 is 11.3 Å². The lowest BCUT2D eigenvalue weighted by atomic mass is 10.2. The van der Waals surface area contributed by atoms with E-state index in [1.165, 1.54) is 30.3 Å². The second-order valence-electron chi connectivity index (χ2n) is 4.55. The first-order chi connectivity index (χ1) is 11.9. The molecule has 2 amide bonds. The number of thiophene rings is 1. The van der Waals surface area contributed by atoms with Crippen molar-refractivity contribution >= 4 is 34.1 Å². The van der Waals surface area contributed by atoms with Gasteiger partial charge in [0.1, 0.15) is 10.8 Å². The molecule has 2 aromatic rings. The van der Waals surface area contributed by atoms with Gasteiger partial charge < -0.3 is 20.5 Å². The van der Waals surface area contributed by atoms with E-state index >= 15 is 0 Å². The molecule has 1 aromatic carbocycles. The number of carbonyl (C=O) groups is 3. The van der Waals surface area contributed by atoms with Crippen LogP contribution < -0.4 is 15.8 Å². The number of rotatable bonds is 7. The van der Waals surface area contributed by atoms with E-state index in [4.69, 9.17) is 10.5 Å². The van der Waals surface area contributed by atoms with Gasteiger partial charge in [-0.3, -0.25) is 9.59 Å². The number of anilines is 1. The Morgan fingerprint density at radius 3 is 2.44 bits per heavy atom. The van der Waals surface area contributed by atoms with Crippen LogP contribution in [-0.4, -0.2) is 31.0 Å². The number of nitrogens with one attached hydrogen (secondary N) is 1. The normalized spacial score (nSPS) is 10.4. The van der Waals surface area contributed by atoms with Crippen molar-refractivity contribution in [2.45, 2.75) is 6.61 Å². The first kappa shape index (κ1) is 18.3. The average Bonchev–Trinajstić information content (AvgIpc) is 3.01. The summed E-state index contributed by atoms with van der Waals surface area (Å²) in [5, 5.41) is 4.23. The van der Waals surface area contributed by atoms with Crippen LogP contribution in [0.3, 0.4) is 0 Å². The van der Waals surface area contributed by atoms with Gasteiger partial charge >= 0.3 is 12.6 Å². The molecular formula is C15H12F2N2O5S. The summed E-state index contributed by atoms with van der Waals surface area (Å²) in [5.74, 6) is -2.28. The summed E-state index contributed by atoms with van der Waals surface area (Å²) in [6, 6.07) is 6.25. The van der Waals surface area contributed by atoms with Crippen LogP contribution in [0.1, 0.15) is 20.7 Å². The lowest BCUT2D eigenvalue weighted by Crippen LogP contribution is -2.22. The Morgan fingerprint density at radius 2 is 1.84 bits per heavy atom. The van der Waals surface area contributed by atoms with Crippen molar-refractivity contribution in [1.82, 2.24) is 0 Å². The average molecular weight is 370 g/mol. The van der Waals surface area contributed by atoms with E-state index in [2.05, 4.69) is 10.1 Å². The number of carbonyl (C=O) groups excluding carboxylic acids is 3. The summed E-state index contributed by atoms with van der Waals surface area (Å²) in [7, 11) is 0. The van der Waals surface area contributed by atoms with Gasteiger partial charge in [0.2, 0.25) is 0 Å². The van der Waals surface area contributed by atoms with E-state index in [1.54, 1.807) is 5.38 Å². The summed E-state index contributed by atoms with van der Waals surface area (Å²) in [6.07, 6.45) is 0. The predicted octanol–water partition coefficient (Wildman–Crippen LogP) is 2.24. The molecule has 0 radical (unpaired) electrons. The summed E-state index contributed by atoms with van der Waals surface area (Å²) < 4.78 is 33.0. The van der Waals surface area contributed by atoms with Crippen LogP contribution in [0.15, 0.2) is 35.7 Å². The number of esters is 1. The molecule has 1 heterocycles. The molecule has 1 aromatic heterocycles. The van der Waals surface area contributed by atoms with Crippen molar-refractivity contribution in [1.29, 1.82) is 0 Å². The highest BCUT2D eigenvalue weighted by atomic mass is 32.1. The lowest BCUT2D eigenvalue weighted by molar-refractivity contribution is -0.119. The Hall–Kier alpha value is -3.01. The van der Waals surface area contributed by atoms with Gasteiger partial charge in [0.25, 0.3) is 11.8 Å². The number of halogens is 2. The van der Waals surface area contributed by atoms with Crippen molar-refractivity contribution < 1.29 is 32.6 Å². The van der Waals surface area contributed by atoms with Gasteiger partial charge in [0, 0.05) is 0 Å². The number of alkyl halides is 2. The van der Waals surface area contributed by atoms with Crippen LogP contribution in [-0.2, 0) is 9.53 Å². The van der Waals surface area contributed by atoms with E-state index < -0.39 is 31.0 Å². The topological polar surface area (TPSA) is 108 Å². The molecule has 25 heavy (non-hydrogen) atoms. The van der Waals surface area contributed by atoms with Crippen LogP contribution in [0.5, 0.6) is 5.75 Å². The van der Waals surface area contributed by atoms with E-state index in [0.29, 0.717) is 0 Å². The summed E-state index contributed by atoms with van der Waals surface area (Å²) in [5.41, 5.74) is 5.36. The maximum atomic E-state index is 12.0. The molecule has 0 saturated heterocycles. The maximum Gasteiger partial charge on any atom is 0.387 e. The summed E-state index contributed by atoms with van der Waals surface area (Å²) >= 11 is 1.09. The van der Waals surface area contributed by atoms with Crippen molar-refractivity contribution in [3.63, 3.8) is 0 Å². The third-order valence-electron chi connectivity index (χ3n) is 2.83. The molecule has 0 aliphatic heterocycles. The van der Waals surface area contributed by atoms with E-state index in [0.717, 1.165) is 11.3 Å². The van der Waals surface area contributed by atoms with E-state index in [1.807, 2.05) is 0 Å².